The molecular weight excluding hydrogens is 484 g/mol. The van der Waals surface area contributed by atoms with Crippen LogP contribution in [0.15, 0.2) is 85.3 Å². The van der Waals surface area contributed by atoms with Crippen LogP contribution in [-0.4, -0.2) is 44.1 Å². The number of nitrogens with zero attached hydrogens (tertiary/aromatic N) is 4. The first-order valence-corrected chi connectivity index (χ1v) is 13.7. The fourth-order valence-electron chi connectivity index (χ4n) is 5.25. The maximum Gasteiger partial charge on any atom is 0.276 e. The summed E-state index contributed by atoms with van der Waals surface area (Å²) in [5.74, 6) is -0.274. The number of hydrogen-bond acceptors (Lipinski definition) is 5. The van der Waals surface area contributed by atoms with E-state index in [1.807, 2.05) is 60.9 Å². The second-order valence-corrected chi connectivity index (χ2v) is 10.3. The zero-order valence-electron chi connectivity index (χ0n) is 21.9. The Morgan fingerprint density at radius 2 is 1.69 bits per heavy atom. The summed E-state index contributed by atoms with van der Waals surface area (Å²) in [5, 5.41) is 11.0. The number of aromatic amines is 1. The highest BCUT2D eigenvalue weighted by Crippen LogP contribution is 2.27. The van der Waals surface area contributed by atoms with Crippen LogP contribution in [0.5, 0.6) is 0 Å². The van der Waals surface area contributed by atoms with Crippen molar-refractivity contribution in [2.45, 2.75) is 38.6 Å². The average molecular weight is 517 g/mol. The number of pyridine rings is 2. The number of carbonyl (C=O) groups is 1. The number of H-pyrrole nitrogens is 1. The third-order valence-corrected chi connectivity index (χ3v) is 7.32. The van der Waals surface area contributed by atoms with Gasteiger partial charge in [-0.15, -0.1) is 0 Å². The van der Waals surface area contributed by atoms with E-state index in [-0.39, 0.29) is 5.91 Å². The van der Waals surface area contributed by atoms with Crippen molar-refractivity contribution in [2.75, 3.05) is 18.4 Å². The van der Waals surface area contributed by atoms with Crippen LogP contribution >= 0.6 is 0 Å². The number of rotatable bonds is 7. The summed E-state index contributed by atoms with van der Waals surface area (Å²) < 4.78 is 0. The zero-order valence-corrected chi connectivity index (χ0v) is 21.9. The lowest BCUT2D eigenvalue weighted by atomic mass is 10.0. The van der Waals surface area contributed by atoms with Gasteiger partial charge in [-0.25, -0.2) is 0 Å². The summed E-state index contributed by atoms with van der Waals surface area (Å²) in [4.78, 5) is 24.8. The van der Waals surface area contributed by atoms with Gasteiger partial charge in [-0.1, -0.05) is 49.2 Å². The van der Waals surface area contributed by atoms with Gasteiger partial charge in [-0.2, -0.15) is 5.10 Å². The zero-order chi connectivity index (χ0) is 26.4. The molecule has 0 radical (unpaired) electrons. The monoisotopic (exact) mass is 516 g/mol. The first kappa shape index (κ1) is 24.9. The lowest BCUT2D eigenvalue weighted by Crippen LogP contribution is -2.24. The molecule has 0 atom stereocenters. The largest absolute Gasteiger partial charge is 0.319 e. The summed E-state index contributed by atoms with van der Waals surface area (Å²) in [5.41, 5.74) is 7.20. The Morgan fingerprint density at radius 3 is 2.49 bits per heavy atom. The van der Waals surface area contributed by atoms with E-state index in [4.69, 9.17) is 0 Å². The molecule has 7 nitrogen and oxygen atoms in total. The predicted molar refractivity (Wildman–Crippen MR) is 155 cm³/mol. The van der Waals surface area contributed by atoms with Crippen molar-refractivity contribution in [3.8, 4) is 11.1 Å². The van der Waals surface area contributed by atoms with Crippen LogP contribution < -0.4 is 5.32 Å². The number of anilines is 1. The number of benzene rings is 2. The molecule has 7 heteroatoms. The second kappa shape index (κ2) is 11.6. The van der Waals surface area contributed by atoms with Gasteiger partial charge in [0.05, 0.1) is 17.4 Å². The molecule has 196 valence electrons. The SMILES string of the molecule is O=C(Nc1ccc(Cc2ccccc2)nc1)c1n[nH]c2ccc(-c3cncc(CN4CCCCCC4)c3)cc12. The van der Waals surface area contributed by atoms with Crippen LogP contribution in [0.2, 0.25) is 0 Å². The fraction of sp³-hybridized carbons (Fsp3) is 0.250. The van der Waals surface area contributed by atoms with Gasteiger partial charge < -0.3 is 5.32 Å². The smallest absolute Gasteiger partial charge is 0.276 e. The third kappa shape index (κ3) is 6.04. The van der Waals surface area contributed by atoms with Gasteiger partial charge in [0.2, 0.25) is 0 Å². The molecule has 5 aromatic rings. The van der Waals surface area contributed by atoms with E-state index < -0.39 is 0 Å². The van der Waals surface area contributed by atoms with Gasteiger partial charge in [0, 0.05) is 42.0 Å². The Bertz CT molecular complexity index is 1550. The molecular formula is C32H32N6O. The highest BCUT2D eigenvalue weighted by atomic mass is 16.1. The van der Waals surface area contributed by atoms with Crippen LogP contribution in [-0.2, 0) is 13.0 Å². The molecule has 1 aliphatic rings. The summed E-state index contributed by atoms with van der Waals surface area (Å²) >= 11 is 0. The highest BCUT2D eigenvalue weighted by Gasteiger charge is 2.16. The minimum Gasteiger partial charge on any atom is -0.319 e. The van der Waals surface area contributed by atoms with Crippen LogP contribution in [0.4, 0.5) is 5.69 Å². The number of hydrogen-bond donors (Lipinski definition) is 2. The lowest BCUT2D eigenvalue weighted by molar-refractivity contribution is 0.102. The molecule has 2 aromatic carbocycles. The molecule has 0 saturated carbocycles. The first-order chi connectivity index (χ1) is 19.2. The molecule has 3 aromatic heterocycles. The standard InChI is InChI=1S/C32H32N6O/c39-32(35-28-12-11-27(34-21-28)17-23-8-4-3-5-9-23)31-29-18-25(10-13-30(29)36-37-31)26-16-24(19-33-20-26)22-38-14-6-1-2-7-15-38/h3-5,8-13,16,18-21H,1-2,6-7,14-15,17,22H2,(H,35,39)(H,36,37). The van der Waals surface area contributed by atoms with Crippen LogP contribution in [0.25, 0.3) is 22.0 Å². The number of carbonyl (C=O) groups excluding carboxylic acids is 1. The molecule has 4 heterocycles. The molecule has 1 aliphatic heterocycles. The Balaban J connectivity index is 1.17. The van der Waals surface area contributed by atoms with E-state index in [0.29, 0.717) is 11.4 Å². The number of likely N-dealkylation sites (tertiary alicyclic amines) is 1. The van der Waals surface area contributed by atoms with Crippen LogP contribution in [0.1, 0.15) is 53.0 Å². The van der Waals surface area contributed by atoms with Gasteiger partial charge in [0.15, 0.2) is 5.69 Å². The van der Waals surface area contributed by atoms with E-state index in [1.165, 1.54) is 36.8 Å². The Kier molecular flexibility index (Phi) is 7.41. The molecule has 2 N–H and O–H groups in total. The maximum absolute atomic E-state index is 13.2. The predicted octanol–water partition coefficient (Wildman–Crippen LogP) is 6.24. The van der Waals surface area contributed by atoms with E-state index in [9.17, 15) is 4.79 Å². The summed E-state index contributed by atoms with van der Waals surface area (Å²) in [6, 6.07) is 22.3. The average Bonchev–Trinajstić information content (AvgIpc) is 3.23. The molecule has 1 saturated heterocycles. The van der Waals surface area contributed by atoms with Crippen molar-refractivity contribution in [3.63, 3.8) is 0 Å². The number of amides is 1. The van der Waals surface area contributed by atoms with E-state index in [0.717, 1.165) is 53.8 Å². The quantitative estimate of drug-likeness (QED) is 0.267. The molecule has 6 rings (SSSR count). The molecule has 1 fully saturated rings. The minimum atomic E-state index is -0.274. The van der Waals surface area contributed by atoms with Gasteiger partial charge in [0.25, 0.3) is 5.91 Å². The molecule has 0 unspecified atom stereocenters. The van der Waals surface area contributed by atoms with Gasteiger partial charge in [-0.3, -0.25) is 24.8 Å². The molecule has 0 spiro atoms. The molecule has 0 bridgehead atoms. The Morgan fingerprint density at radius 1 is 0.846 bits per heavy atom. The minimum absolute atomic E-state index is 0.274. The number of aromatic nitrogens is 4. The van der Waals surface area contributed by atoms with Crippen LogP contribution in [0, 0.1) is 0 Å². The van der Waals surface area contributed by atoms with E-state index in [2.05, 4.69) is 48.6 Å². The van der Waals surface area contributed by atoms with Gasteiger partial charge in [0.1, 0.15) is 0 Å². The van der Waals surface area contributed by atoms with Crippen molar-refractivity contribution in [3.05, 3.63) is 108 Å². The Labute approximate surface area is 228 Å². The highest BCUT2D eigenvalue weighted by molar-refractivity contribution is 6.11. The van der Waals surface area contributed by atoms with E-state index in [1.54, 1.807) is 6.20 Å². The fourth-order valence-corrected chi connectivity index (χ4v) is 5.25. The second-order valence-electron chi connectivity index (χ2n) is 10.3. The molecule has 39 heavy (non-hydrogen) atoms. The summed E-state index contributed by atoms with van der Waals surface area (Å²) in [6.07, 6.45) is 11.5. The normalized spacial score (nSPS) is 14.3. The van der Waals surface area contributed by atoms with Gasteiger partial charge in [-0.05, 0) is 73.0 Å². The van der Waals surface area contributed by atoms with Gasteiger partial charge >= 0.3 is 0 Å². The first-order valence-electron chi connectivity index (χ1n) is 13.7. The molecule has 0 aliphatic carbocycles. The topological polar surface area (TPSA) is 86.8 Å². The van der Waals surface area contributed by atoms with Crippen molar-refractivity contribution < 1.29 is 4.79 Å². The van der Waals surface area contributed by atoms with Crippen molar-refractivity contribution in [2.24, 2.45) is 0 Å². The summed E-state index contributed by atoms with van der Waals surface area (Å²) in [6.45, 7) is 3.21. The van der Waals surface area contributed by atoms with Crippen LogP contribution in [0.3, 0.4) is 0 Å². The number of nitrogens with one attached hydrogen (secondary N) is 2. The number of fused-ring (bicyclic) bond motifs is 1. The molecule has 1 amide bonds. The third-order valence-electron chi connectivity index (χ3n) is 7.32. The van der Waals surface area contributed by atoms with E-state index >= 15 is 0 Å². The lowest BCUT2D eigenvalue weighted by Gasteiger charge is -2.19. The van der Waals surface area contributed by atoms with Crippen molar-refractivity contribution in [1.82, 2.24) is 25.1 Å². The maximum atomic E-state index is 13.2. The summed E-state index contributed by atoms with van der Waals surface area (Å²) in [7, 11) is 0. The Hall–Kier alpha value is -4.36. The van der Waals surface area contributed by atoms with Crippen molar-refractivity contribution in [1.29, 1.82) is 0 Å². The van der Waals surface area contributed by atoms with Crippen molar-refractivity contribution >= 4 is 22.5 Å².